The van der Waals surface area contributed by atoms with Crippen LogP contribution in [0.25, 0.3) is 22.2 Å². The molecule has 0 spiro atoms. The van der Waals surface area contributed by atoms with Crippen molar-refractivity contribution in [1.29, 1.82) is 0 Å². The molecule has 5 rings (SSSR count). The van der Waals surface area contributed by atoms with E-state index in [2.05, 4.69) is 38.4 Å². The first kappa shape index (κ1) is 22.0. The van der Waals surface area contributed by atoms with Crippen molar-refractivity contribution in [2.24, 2.45) is 0 Å². The van der Waals surface area contributed by atoms with Gasteiger partial charge in [-0.15, -0.1) is 0 Å². The number of fused-ring (bicyclic) bond motifs is 1. The summed E-state index contributed by atoms with van der Waals surface area (Å²) in [6, 6.07) is 17.4. The molecule has 8 heteroatoms. The Morgan fingerprint density at radius 1 is 1.06 bits per heavy atom. The highest BCUT2D eigenvalue weighted by Gasteiger charge is 2.17. The van der Waals surface area contributed by atoms with Crippen LogP contribution in [0.15, 0.2) is 77.7 Å². The predicted molar refractivity (Wildman–Crippen MR) is 137 cm³/mol. The zero-order valence-corrected chi connectivity index (χ0v) is 20.5. The van der Waals surface area contributed by atoms with Crippen molar-refractivity contribution in [1.82, 2.24) is 24.5 Å². The Morgan fingerprint density at radius 2 is 1.91 bits per heavy atom. The molecule has 0 atom stereocenters. The number of benzene rings is 2. The lowest BCUT2D eigenvalue weighted by Crippen LogP contribution is -2.13. The van der Waals surface area contributed by atoms with Crippen LogP contribution in [-0.4, -0.2) is 30.5 Å². The van der Waals surface area contributed by atoms with Crippen molar-refractivity contribution in [3.63, 3.8) is 0 Å². The summed E-state index contributed by atoms with van der Waals surface area (Å²) < 4.78 is 4.69. The molecule has 0 bridgehead atoms. The van der Waals surface area contributed by atoms with Gasteiger partial charge in [0.1, 0.15) is 0 Å². The molecular weight excluding hydrogens is 492 g/mol. The molecule has 2 aromatic carbocycles. The van der Waals surface area contributed by atoms with Crippen molar-refractivity contribution in [3.8, 4) is 11.3 Å². The Balaban J connectivity index is 1.48. The van der Waals surface area contributed by atoms with Crippen LogP contribution < -0.4 is 5.32 Å². The average molecular weight is 515 g/mol. The second-order valence-electron chi connectivity index (χ2n) is 8.04. The molecule has 1 amide bonds. The summed E-state index contributed by atoms with van der Waals surface area (Å²) in [4.78, 5) is 18.3. The molecule has 0 aliphatic carbocycles. The molecule has 0 saturated carbocycles. The van der Waals surface area contributed by atoms with Crippen LogP contribution in [0.4, 0.5) is 5.69 Å². The fourth-order valence-electron chi connectivity index (χ4n) is 4.08. The second-order valence-corrected chi connectivity index (χ2v) is 8.96. The van der Waals surface area contributed by atoms with E-state index in [0.29, 0.717) is 12.1 Å². The topological polar surface area (TPSA) is 77.6 Å². The third kappa shape index (κ3) is 4.36. The van der Waals surface area contributed by atoms with Gasteiger partial charge in [0.15, 0.2) is 0 Å². The maximum atomic E-state index is 13.4. The Labute approximate surface area is 205 Å². The second kappa shape index (κ2) is 9.23. The highest BCUT2D eigenvalue weighted by molar-refractivity contribution is 9.10. The van der Waals surface area contributed by atoms with E-state index < -0.39 is 0 Å². The zero-order valence-electron chi connectivity index (χ0n) is 18.9. The van der Waals surface area contributed by atoms with Gasteiger partial charge in [0.2, 0.25) is 0 Å². The summed E-state index contributed by atoms with van der Waals surface area (Å²) >= 11 is 3.42. The van der Waals surface area contributed by atoms with Crippen molar-refractivity contribution < 1.29 is 4.79 Å². The standard InChI is InChI=1S/C26H23BrN6O/c1-3-33-17(2)23(14-29-33)25-12-22(21-9-4-5-10-24(21)31-25)26(34)30-20-8-6-7-18(11-20)15-32-16-19(27)13-28-32/h4-14,16H,3,15H2,1-2H3,(H,30,34). The first-order valence-electron chi connectivity index (χ1n) is 11.0. The normalized spacial score (nSPS) is 11.1. The minimum Gasteiger partial charge on any atom is -0.322 e. The Bertz CT molecular complexity index is 1500. The number of hydrogen-bond acceptors (Lipinski definition) is 4. The number of nitrogens with one attached hydrogen (secondary N) is 1. The van der Waals surface area contributed by atoms with Crippen LogP contribution in [0, 0.1) is 6.92 Å². The Hall–Kier alpha value is -3.78. The minimum absolute atomic E-state index is 0.181. The van der Waals surface area contributed by atoms with E-state index in [9.17, 15) is 4.79 Å². The molecule has 170 valence electrons. The average Bonchev–Trinajstić information content (AvgIpc) is 3.42. The first-order valence-corrected chi connectivity index (χ1v) is 11.8. The van der Waals surface area contributed by atoms with Crippen molar-refractivity contribution >= 4 is 38.4 Å². The van der Waals surface area contributed by atoms with Gasteiger partial charge < -0.3 is 5.32 Å². The Kier molecular flexibility index (Phi) is 5.98. The van der Waals surface area contributed by atoms with Crippen molar-refractivity contribution in [3.05, 3.63) is 94.5 Å². The summed E-state index contributed by atoms with van der Waals surface area (Å²) in [5.41, 5.74) is 5.79. The van der Waals surface area contributed by atoms with Crippen LogP contribution >= 0.6 is 15.9 Å². The molecule has 3 aromatic heterocycles. The highest BCUT2D eigenvalue weighted by Crippen LogP contribution is 2.28. The third-order valence-electron chi connectivity index (χ3n) is 5.77. The van der Waals surface area contributed by atoms with Gasteiger partial charge in [0, 0.05) is 35.1 Å². The fraction of sp³-hybridized carbons (Fsp3) is 0.154. The van der Waals surface area contributed by atoms with Gasteiger partial charge in [-0.3, -0.25) is 14.2 Å². The molecule has 0 saturated heterocycles. The zero-order chi connectivity index (χ0) is 23.7. The molecule has 5 aromatic rings. The van der Waals surface area contributed by atoms with Gasteiger partial charge >= 0.3 is 0 Å². The SMILES string of the molecule is CCn1ncc(-c2cc(C(=O)Nc3cccc(Cn4cc(Br)cn4)c3)c3ccccc3n2)c1C. The number of aryl methyl sites for hydroxylation is 1. The fourth-order valence-corrected chi connectivity index (χ4v) is 4.40. The van der Waals surface area contributed by atoms with Crippen molar-refractivity contribution in [2.75, 3.05) is 5.32 Å². The van der Waals surface area contributed by atoms with E-state index in [1.807, 2.05) is 83.3 Å². The quantitative estimate of drug-likeness (QED) is 0.316. The van der Waals surface area contributed by atoms with E-state index in [1.54, 1.807) is 6.20 Å². The lowest BCUT2D eigenvalue weighted by molar-refractivity contribution is 0.102. The van der Waals surface area contributed by atoms with Gasteiger partial charge in [-0.25, -0.2) is 4.98 Å². The van der Waals surface area contributed by atoms with Gasteiger partial charge in [-0.2, -0.15) is 10.2 Å². The molecule has 0 radical (unpaired) electrons. The monoisotopic (exact) mass is 514 g/mol. The highest BCUT2D eigenvalue weighted by atomic mass is 79.9. The molecular formula is C26H23BrN6O. The number of rotatable bonds is 6. The summed E-state index contributed by atoms with van der Waals surface area (Å²) in [6.07, 6.45) is 5.48. The van der Waals surface area contributed by atoms with Crippen LogP contribution in [0.5, 0.6) is 0 Å². The number of para-hydroxylation sites is 1. The number of carbonyl (C=O) groups excluding carboxylic acids is 1. The molecule has 7 nitrogen and oxygen atoms in total. The van der Waals surface area contributed by atoms with Crippen LogP contribution in [0.2, 0.25) is 0 Å². The van der Waals surface area contributed by atoms with Crippen LogP contribution in [0.3, 0.4) is 0 Å². The first-order chi connectivity index (χ1) is 16.5. The lowest BCUT2D eigenvalue weighted by Gasteiger charge is -2.12. The summed E-state index contributed by atoms with van der Waals surface area (Å²) in [5, 5.41) is 12.6. The maximum Gasteiger partial charge on any atom is 0.256 e. The number of carbonyl (C=O) groups is 1. The van der Waals surface area contributed by atoms with Gasteiger partial charge in [-0.05, 0) is 59.6 Å². The van der Waals surface area contributed by atoms with Gasteiger partial charge in [0.25, 0.3) is 5.91 Å². The van der Waals surface area contributed by atoms with Gasteiger partial charge in [-0.1, -0.05) is 30.3 Å². The van der Waals surface area contributed by atoms with E-state index in [1.165, 1.54) is 0 Å². The number of hydrogen-bond donors (Lipinski definition) is 1. The molecule has 0 unspecified atom stereocenters. The number of halogens is 1. The molecule has 3 heterocycles. The number of nitrogens with zero attached hydrogens (tertiary/aromatic N) is 5. The van der Waals surface area contributed by atoms with E-state index in [4.69, 9.17) is 4.98 Å². The molecule has 0 aliphatic rings. The summed E-state index contributed by atoms with van der Waals surface area (Å²) in [6.45, 7) is 5.46. The van der Waals surface area contributed by atoms with Gasteiger partial charge in [0.05, 0.1) is 40.2 Å². The van der Waals surface area contributed by atoms with Crippen LogP contribution in [0.1, 0.15) is 28.5 Å². The van der Waals surface area contributed by atoms with Crippen molar-refractivity contribution in [2.45, 2.75) is 26.9 Å². The largest absolute Gasteiger partial charge is 0.322 e. The predicted octanol–water partition coefficient (Wildman–Crippen LogP) is 5.69. The summed E-state index contributed by atoms with van der Waals surface area (Å²) in [7, 11) is 0. The number of aromatic nitrogens is 5. The number of anilines is 1. The molecule has 0 aliphatic heterocycles. The summed E-state index contributed by atoms with van der Waals surface area (Å²) in [5.74, 6) is -0.181. The number of pyridine rings is 1. The molecule has 34 heavy (non-hydrogen) atoms. The smallest absolute Gasteiger partial charge is 0.256 e. The lowest BCUT2D eigenvalue weighted by atomic mass is 10.0. The minimum atomic E-state index is -0.181. The van der Waals surface area contributed by atoms with E-state index in [0.717, 1.165) is 50.1 Å². The van der Waals surface area contributed by atoms with E-state index >= 15 is 0 Å². The number of amides is 1. The maximum absolute atomic E-state index is 13.4. The molecule has 0 fully saturated rings. The third-order valence-corrected chi connectivity index (χ3v) is 6.18. The molecule has 1 N–H and O–H groups in total. The Morgan fingerprint density at radius 3 is 2.68 bits per heavy atom. The van der Waals surface area contributed by atoms with E-state index in [-0.39, 0.29) is 5.91 Å². The van der Waals surface area contributed by atoms with Crippen LogP contribution in [-0.2, 0) is 13.1 Å².